The van der Waals surface area contributed by atoms with Crippen LogP contribution in [0.4, 0.5) is 5.82 Å². The number of nitrogens with zero attached hydrogens (tertiary/aromatic N) is 1. The van der Waals surface area contributed by atoms with Gasteiger partial charge in [-0.05, 0) is 25.5 Å². The summed E-state index contributed by atoms with van der Waals surface area (Å²) in [5, 5.41) is 1.27. The number of aromatic amines is 1. The number of aromatic nitrogens is 1. The number of H-pyrrole nitrogens is 1. The summed E-state index contributed by atoms with van der Waals surface area (Å²) >= 11 is 0. The average Bonchev–Trinajstić information content (AvgIpc) is 2.54. The Balaban J connectivity index is 2.69. The molecule has 0 aliphatic rings. The molecule has 2 heteroatoms. The SMILES string of the molecule is C=C/C=N\c1[nH]c2cccc(C)c2c1C. The summed E-state index contributed by atoms with van der Waals surface area (Å²) in [6.07, 6.45) is 3.38. The minimum atomic E-state index is 0.916. The smallest absolute Gasteiger partial charge is 0.133 e. The van der Waals surface area contributed by atoms with Crippen molar-refractivity contribution in [3.05, 3.63) is 42.0 Å². The van der Waals surface area contributed by atoms with Crippen LogP contribution in [-0.2, 0) is 0 Å². The van der Waals surface area contributed by atoms with Crippen molar-refractivity contribution in [3.8, 4) is 0 Å². The van der Waals surface area contributed by atoms with Crippen molar-refractivity contribution in [1.82, 2.24) is 4.98 Å². The Labute approximate surface area is 89.4 Å². The second-order valence-electron chi connectivity index (χ2n) is 3.61. The van der Waals surface area contributed by atoms with E-state index in [0.717, 1.165) is 11.3 Å². The number of hydrogen-bond donors (Lipinski definition) is 1. The van der Waals surface area contributed by atoms with Crippen LogP contribution in [0.1, 0.15) is 11.1 Å². The van der Waals surface area contributed by atoms with E-state index in [1.165, 1.54) is 16.5 Å². The molecule has 0 amide bonds. The highest BCUT2D eigenvalue weighted by atomic mass is 14.9. The fourth-order valence-corrected chi connectivity index (χ4v) is 1.87. The average molecular weight is 198 g/mol. The first kappa shape index (κ1) is 9.71. The Bertz CT molecular complexity index is 533. The van der Waals surface area contributed by atoms with Crippen LogP contribution in [0, 0.1) is 13.8 Å². The number of rotatable bonds is 2. The van der Waals surface area contributed by atoms with E-state index in [2.05, 4.69) is 48.6 Å². The van der Waals surface area contributed by atoms with Gasteiger partial charge in [0, 0.05) is 22.7 Å². The predicted octanol–water partition coefficient (Wildman–Crippen LogP) is 3.67. The van der Waals surface area contributed by atoms with Crippen LogP contribution in [0.2, 0.25) is 0 Å². The van der Waals surface area contributed by atoms with E-state index >= 15 is 0 Å². The monoisotopic (exact) mass is 198 g/mol. The molecule has 0 aliphatic heterocycles. The van der Waals surface area contributed by atoms with Crippen LogP contribution in [0.25, 0.3) is 10.9 Å². The van der Waals surface area contributed by atoms with Crippen LogP contribution in [0.3, 0.4) is 0 Å². The molecule has 0 saturated heterocycles. The normalized spacial score (nSPS) is 11.3. The molecular weight excluding hydrogens is 184 g/mol. The predicted molar refractivity (Wildman–Crippen MR) is 66.1 cm³/mol. The summed E-state index contributed by atoms with van der Waals surface area (Å²) in [6.45, 7) is 7.81. The Morgan fingerprint density at radius 1 is 1.33 bits per heavy atom. The summed E-state index contributed by atoms with van der Waals surface area (Å²) in [7, 11) is 0. The van der Waals surface area contributed by atoms with Crippen molar-refractivity contribution >= 4 is 22.9 Å². The van der Waals surface area contributed by atoms with Gasteiger partial charge in [-0.3, -0.25) is 0 Å². The van der Waals surface area contributed by atoms with Gasteiger partial charge in [-0.1, -0.05) is 24.8 Å². The highest BCUT2D eigenvalue weighted by molar-refractivity contribution is 5.91. The summed E-state index contributed by atoms with van der Waals surface area (Å²) in [5.41, 5.74) is 3.62. The molecule has 0 spiro atoms. The number of aryl methyl sites for hydroxylation is 2. The number of aliphatic imine (C=N–C) groups is 1. The molecular formula is C13H14N2. The highest BCUT2D eigenvalue weighted by Gasteiger charge is 2.07. The molecule has 76 valence electrons. The fourth-order valence-electron chi connectivity index (χ4n) is 1.87. The number of nitrogens with one attached hydrogen (secondary N) is 1. The zero-order valence-electron chi connectivity index (χ0n) is 9.04. The molecule has 1 heterocycles. The lowest BCUT2D eigenvalue weighted by Gasteiger charge is -1.95. The van der Waals surface area contributed by atoms with E-state index in [0.29, 0.717) is 0 Å². The minimum Gasteiger partial charge on any atom is -0.339 e. The van der Waals surface area contributed by atoms with E-state index in [9.17, 15) is 0 Å². The number of benzene rings is 1. The lowest BCUT2D eigenvalue weighted by atomic mass is 10.1. The van der Waals surface area contributed by atoms with Crippen molar-refractivity contribution in [2.45, 2.75) is 13.8 Å². The standard InChI is InChI=1S/C13H14N2/c1-4-8-14-13-10(3)12-9(2)6-5-7-11(12)15-13/h4-8,15H,1H2,2-3H3/b14-8-. The molecule has 2 aromatic rings. The number of hydrogen-bond acceptors (Lipinski definition) is 1. The maximum atomic E-state index is 4.30. The summed E-state index contributed by atoms with van der Waals surface area (Å²) < 4.78 is 0. The fraction of sp³-hybridized carbons (Fsp3) is 0.154. The maximum Gasteiger partial charge on any atom is 0.133 e. The van der Waals surface area contributed by atoms with E-state index in [4.69, 9.17) is 0 Å². The lowest BCUT2D eigenvalue weighted by Crippen LogP contribution is -1.75. The molecule has 0 aliphatic carbocycles. The highest BCUT2D eigenvalue weighted by Crippen LogP contribution is 2.29. The van der Waals surface area contributed by atoms with E-state index in [-0.39, 0.29) is 0 Å². The third-order valence-corrected chi connectivity index (χ3v) is 2.57. The molecule has 1 aromatic carbocycles. The van der Waals surface area contributed by atoms with E-state index in [1.54, 1.807) is 12.3 Å². The largest absolute Gasteiger partial charge is 0.339 e. The Kier molecular flexibility index (Phi) is 2.42. The van der Waals surface area contributed by atoms with Crippen molar-refractivity contribution < 1.29 is 0 Å². The Hall–Kier alpha value is -1.83. The van der Waals surface area contributed by atoms with Gasteiger partial charge >= 0.3 is 0 Å². The summed E-state index contributed by atoms with van der Waals surface area (Å²) in [6, 6.07) is 6.24. The molecule has 2 rings (SSSR count). The zero-order valence-corrected chi connectivity index (χ0v) is 9.04. The van der Waals surface area contributed by atoms with Gasteiger partial charge in [0.1, 0.15) is 5.82 Å². The molecule has 0 saturated carbocycles. The van der Waals surface area contributed by atoms with Gasteiger partial charge in [-0.15, -0.1) is 0 Å². The molecule has 1 N–H and O–H groups in total. The topological polar surface area (TPSA) is 28.1 Å². The van der Waals surface area contributed by atoms with Crippen LogP contribution >= 0.6 is 0 Å². The minimum absolute atomic E-state index is 0.916. The first-order chi connectivity index (χ1) is 7.24. The van der Waals surface area contributed by atoms with Gasteiger partial charge in [-0.25, -0.2) is 4.99 Å². The summed E-state index contributed by atoms with van der Waals surface area (Å²) in [5.74, 6) is 0.916. The van der Waals surface area contributed by atoms with E-state index < -0.39 is 0 Å². The van der Waals surface area contributed by atoms with Crippen molar-refractivity contribution in [2.75, 3.05) is 0 Å². The maximum absolute atomic E-state index is 4.30. The number of allylic oxidation sites excluding steroid dienone is 1. The zero-order chi connectivity index (χ0) is 10.8. The van der Waals surface area contributed by atoms with Gasteiger partial charge in [-0.2, -0.15) is 0 Å². The van der Waals surface area contributed by atoms with Gasteiger partial charge in [0.05, 0.1) is 0 Å². The third kappa shape index (κ3) is 1.59. The Morgan fingerprint density at radius 3 is 2.80 bits per heavy atom. The van der Waals surface area contributed by atoms with Crippen molar-refractivity contribution in [1.29, 1.82) is 0 Å². The van der Waals surface area contributed by atoms with Gasteiger partial charge in [0.15, 0.2) is 0 Å². The van der Waals surface area contributed by atoms with Crippen molar-refractivity contribution in [3.63, 3.8) is 0 Å². The third-order valence-electron chi connectivity index (χ3n) is 2.57. The molecule has 0 bridgehead atoms. The van der Waals surface area contributed by atoms with Gasteiger partial charge in [0.25, 0.3) is 0 Å². The second kappa shape index (κ2) is 3.73. The van der Waals surface area contributed by atoms with E-state index in [1.807, 2.05) is 0 Å². The lowest BCUT2D eigenvalue weighted by molar-refractivity contribution is 1.34. The van der Waals surface area contributed by atoms with Crippen LogP contribution in [0.5, 0.6) is 0 Å². The second-order valence-corrected chi connectivity index (χ2v) is 3.61. The quantitative estimate of drug-likeness (QED) is 0.713. The molecule has 2 nitrogen and oxygen atoms in total. The van der Waals surface area contributed by atoms with Crippen LogP contribution in [0.15, 0.2) is 35.8 Å². The Morgan fingerprint density at radius 2 is 2.13 bits per heavy atom. The van der Waals surface area contributed by atoms with Crippen LogP contribution in [-0.4, -0.2) is 11.2 Å². The molecule has 0 fully saturated rings. The first-order valence-corrected chi connectivity index (χ1v) is 4.97. The molecule has 1 aromatic heterocycles. The van der Waals surface area contributed by atoms with Gasteiger partial charge in [0.2, 0.25) is 0 Å². The molecule has 15 heavy (non-hydrogen) atoms. The van der Waals surface area contributed by atoms with Crippen molar-refractivity contribution in [2.24, 2.45) is 4.99 Å². The summed E-state index contributed by atoms with van der Waals surface area (Å²) in [4.78, 5) is 7.60. The molecule has 0 unspecified atom stereocenters. The van der Waals surface area contributed by atoms with Gasteiger partial charge < -0.3 is 4.98 Å². The molecule has 0 radical (unpaired) electrons. The number of fused-ring (bicyclic) bond motifs is 1. The van der Waals surface area contributed by atoms with Crippen LogP contribution < -0.4 is 0 Å². The first-order valence-electron chi connectivity index (χ1n) is 4.97. The molecule has 0 atom stereocenters.